The average Bonchev–Trinajstić information content (AvgIpc) is 2.36. The monoisotopic (exact) mass is 236 g/mol. The lowest BCUT2D eigenvalue weighted by Crippen LogP contribution is -2.18. The predicted octanol–water partition coefficient (Wildman–Crippen LogP) is 0.747. The first-order valence-electron chi connectivity index (χ1n) is 5.85. The highest BCUT2D eigenvalue weighted by molar-refractivity contribution is 5.75. The van der Waals surface area contributed by atoms with E-state index in [1.807, 2.05) is 24.3 Å². The first kappa shape index (κ1) is 13.7. The van der Waals surface area contributed by atoms with Crippen LogP contribution in [-0.4, -0.2) is 24.6 Å². The number of rotatable bonds is 6. The lowest BCUT2D eigenvalue weighted by atomic mass is 10.0. The number of aliphatic hydroxyl groups excluding tert-OH is 1. The van der Waals surface area contributed by atoms with Gasteiger partial charge in [0.25, 0.3) is 0 Å². The van der Waals surface area contributed by atoms with Crippen molar-refractivity contribution < 1.29 is 9.90 Å². The second-order valence-electron chi connectivity index (χ2n) is 4.01. The van der Waals surface area contributed by atoms with Crippen LogP contribution in [0.4, 0.5) is 0 Å². The van der Waals surface area contributed by atoms with Crippen molar-refractivity contribution in [3.05, 3.63) is 35.4 Å². The van der Waals surface area contributed by atoms with E-state index in [0.717, 1.165) is 11.1 Å². The first-order chi connectivity index (χ1) is 8.17. The standard InChI is InChI=1S/C13H20N2O2/c1-15-13(17)6-5-10-3-2-4-11(9-10)12(16)7-8-14/h2-4,9,12,16H,5-8,14H2,1H3,(H,15,17). The number of nitrogens with one attached hydrogen (secondary N) is 1. The number of aliphatic hydroxyl groups is 1. The summed E-state index contributed by atoms with van der Waals surface area (Å²) in [5.41, 5.74) is 7.33. The summed E-state index contributed by atoms with van der Waals surface area (Å²) < 4.78 is 0. The van der Waals surface area contributed by atoms with Gasteiger partial charge >= 0.3 is 0 Å². The van der Waals surface area contributed by atoms with Gasteiger partial charge in [0.2, 0.25) is 5.91 Å². The maximum Gasteiger partial charge on any atom is 0.220 e. The van der Waals surface area contributed by atoms with Gasteiger partial charge < -0.3 is 16.2 Å². The minimum atomic E-state index is -0.514. The fraction of sp³-hybridized carbons (Fsp3) is 0.462. The Labute approximate surface area is 102 Å². The number of amides is 1. The Morgan fingerprint density at radius 3 is 2.94 bits per heavy atom. The van der Waals surface area contributed by atoms with Gasteiger partial charge in [-0.05, 0) is 30.5 Å². The normalized spacial score (nSPS) is 12.2. The average molecular weight is 236 g/mol. The highest BCUT2D eigenvalue weighted by Crippen LogP contribution is 2.17. The van der Waals surface area contributed by atoms with Gasteiger partial charge in [-0.25, -0.2) is 0 Å². The van der Waals surface area contributed by atoms with E-state index in [2.05, 4.69) is 5.32 Å². The number of hydrogen-bond donors (Lipinski definition) is 3. The summed E-state index contributed by atoms with van der Waals surface area (Å²) in [4.78, 5) is 11.1. The minimum Gasteiger partial charge on any atom is -0.388 e. The van der Waals surface area contributed by atoms with Crippen molar-refractivity contribution >= 4 is 5.91 Å². The number of carbonyl (C=O) groups excluding carboxylic acids is 1. The molecule has 0 bridgehead atoms. The molecule has 0 saturated heterocycles. The molecule has 4 nitrogen and oxygen atoms in total. The van der Waals surface area contributed by atoms with Crippen molar-refractivity contribution in [1.82, 2.24) is 5.32 Å². The van der Waals surface area contributed by atoms with E-state index in [1.165, 1.54) is 0 Å². The molecule has 94 valence electrons. The third-order valence-electron chi connectivity index (χ3n) is 2.70. The maximum atomic E-state index is 11.1. The summed E-state index contributed by atoms with van der Waals surface area (Å²) in [7, 11) is 1.63. The molecule has 1 atom stereocenters. The topological polar surface area (TPSA) is 75.3 Å². The van der Waals surface area contributed by atoms with E-state index >= 15 is 0 Å². The maximum absolute atomic E-state index is 11.1. The zero-order chi connectivity index (χ0) is 12.7. The van der Waals surface area contributed by atoms with E-state index in [-0.39, 0.29) is 5.91 Å². The SMILES string of the molecule is CNC(=O)CCc1cccc(C(O)CCN)c1. The number of carbonyl (C=O) groups is 1. The number of benzene rings is 1. The molecule has 0 aliphatic carbocycles. The fourth-order valence-electron chi connectivity index (χ4n) is 1.66. The minimum absolute atomic E-state index is 0.0258. The Bertz CT molecular complexity index is 366. The third kappa shape index (κ3) is 4.54. The van der Waals surface area contributed by atoms with Gasteiger partial charge in [-0.15, -0.1) is 0 Å². The molecule has 0 saturated carbocycles. The van der Waals surface area contributed by atoms with E-state index in [0.29, 0.717) is 25.8 Å². The molecule has 1 aromatic rings. The molecular formula is C13H20N2O2. The smallest absolute Gasteiger partial charge is 0.220 e. The molecule has 4 N–H and O–H groups in total. The molecule has 0 heterocycles. The van der Waals surface area contributed by atoms with E-state index in [4.69, 9.17) is 5.73 Å². The first-order valence-corrected chi connectivity index (χ1v) is 5.85. The van der Waals surface area contributed by atoms with Crippen molar-refractivity contribution in [1.29, 1.82) is 0 Å². The predicted molar refractivity (Wildman–Crippen MR) is 67.5 cm³/mol. The Morgan fingerprint density at radius 2 is 2.29 bits per heavy atom. The van der Waals surface area contributed by atoms with E-state index in [1.54, 1.807) is 7.05 Å². The van der Waals surface area contributed by atoms with Crippen molar-refractivity contribution in [3.8, 4) is 0 Å². The van der Waals surface area contributed by atoms with Gasteiger partial charge in [0.1, 0.15) is 0 Å². The molecule has 1 rings (SSSR count). The molecule has 0 aliphatic rings. The van der Waals surface area contributed by atoms with Crippen molar-refractivity contribution in [2.75, 3.05) is 13.6 Å². The third-order valence-corrected chi connectivity index (χ3v) is 2.70. The summed E-state index contributed by atoms with van der Waals surface area (Å²) in [6.45, 7) is 0.462. The molecule has 1 aromatic carbocycles. The van der Waals surface area contributed by atoms with Gasteiger partial charge in [-0.1, -0.05) is 24.3 Å². The van der Waals surface area contributed by atoms with Crippen molar-refractivity contribution in [2.24, 2.45) is 5.73 Å². The van der Waals surface area contributed by atoms with Crippen LogP contribution >= 0.6 is 0 Å². The summed E-state index contributed by atoms with van der Waals surface area (Å²) in [6.07, 6.45) is 1.19. The second kappa shape index (κ2) is 7.04. The molecule has 0 spiro atoms. The van der Waals surface area contributed by atoms with Gasteiger partial charge in [0, 0.05) is 13.5 Å². The molecule has 1 amide bonds. The molecule has 0 aromatic heterocycles. The van der Waals surface area contributed by atoms with Crippen LogP contribution in [0.3, 0.4) is 0 Å². The largest absolute Gasteiger partial charge is 0.388 e. The fourth-order valence-corrected chi connectivity index (χ4v) is 1.66. The Balaban J connectivity index is 2.62. The summed E-state index contributed by atoms with van der Waals surface area (Å²) in [5, 5.41) is 12.4. The molecular weight excluding hydrogens is 216 g/mol. The quantitative estimate of drug-likeness (QED) is 0.682. The van der Waals surface area contributed by atoms with Crippen LogP contribution in [0.15, 0.2) is 24.3 Å². The summed E-state index contributed by atoms with van der Waals surface area (Å²) >= 11 is 0. The lowest BCUT2D eigenvalue weighted by Gasteiger charge is -2.11. The zero-order valence-electron chi connectivity index (χ0n) is 10.1. The molecule has 0 aliphatic heterocycles. The van der Waals surface area contributed by atoms with Crippen molar-refractivity contribution in [3.63, 3.8) is 0 Å². The summed E-state index contributed by atoms with van der Waals surface area (Å²) in [5.74, 6) is 0.0258. The van der Waals surface area contributed by atoms with Crippen LogP contribution in [0.5, 0.6) is 0 Å². The Hall–Kier alpha value is -1.39. The van der Waals surface area contributed by atoms with Gasteiger partial charge in [-0.2, -0.15) is 0 Å². The van der Waals surface area contributed by atoms with Crippen LogP contribution < -0.4 is 11.1 Å². The van der Waals surface area contributed by atoms with Crippen LogP contribution in [0.25, 0.3) is 0 Å². The van der Waals surface area contributed by atoms with Crippen molar-refractivity contribution in [2.45, 2.75) is 25.4 Å². The number of nitrogens with two attached hydrogens (primary N) is 1. The van der Waals surface area contributed by atoms with E-state index < -0.39 is 6.10 Å². The van der Waals surface area contributed by atoms with Gasteiger partial charge in [0.05, 0.1) is 6.10 Å². The zero-order valence-corrected chi connectivity index (χ0v) is 10.1. The highest BCUT2D eigenvalue weighted by Gasteiger charge is 2.07. The van der Waals surface area contributed by atoms with Crippen LogP contribution in [0, 0.1) is 0 Å². The number of aryl methyl sites for hydroxylation is 1. The van der Waals surface area contributed by atoms with E-state index in [9.17, 15) is 9.90 Å². The molecule has 17 heavy (non-hydrogen) atoms. The molecule has 1 unspecified atom stereocenters. The Morgan fingerprint density at radius 1 is 1.53 bits per heavy atom. The molecule has 4 heteroatoms. The molecule has 0 radical (unpaired) electrons. The van der Waals surface area contributed by atoms with Crippen LogP contribution in [0.1, 0.15) is 30.1 Å². The van der Waals surface area contributed by atoms with Gasteiger partial charge in [0.15, 0.2) is 0 Å². The van der Waals surface area contributed by atoms with Gasteiger partial charge in [-0.3, -0.25) is 4.79 Å². The lowest BCUT2D eigenvalue weighted by molar-refractivity contribution is -0.120. The second-order valence-corrected chi connectivity index (χ2v) is 4.01. The Kier molecular flexibility index (Phi) is 5.66. The van der Waals surface area contributed by atoms with Crippen LogP contribution in [0.2, 0.25) is 0 Å². The molecule has 0 fully saturated rings. The highest BCUT2D eigenvalue weighted by atomic mass is 16.3. The summed E-state index contributed by atoms with van der Waals surface area (Å²) in [6, 6.07) is 7.67. The number of hydrogen-bond acceptors (Lipinski definition) is 3. The van der Waals surface area contributed by atoms with Crippen LogP contribution in [-0.2, 0) is 11.2 Å².